The minimum Gasteiger partial charge on any atom is -0.465 e. The lowest BCUT2D eigenvalue weighted by Gasteiger charge is -2.07. The summed E-state index contributed by atoms with van der Waals surface area (Å²) in [5.41, 5.74) is 6.82. The highest BCUT2D eigenvalue weighted by Gasteiger charge is 2.14. The van der Waals surface area contributed by atoms with E-state index in [-0.39, 0.29) is 5.57 Å². The molecule has 78 valence electrons. The Kier molecular flexibility index (Phi) is 3.62. The van der Waals surface area contributed by atoms with Crippen LogP contribution in [0.3, 0.4) is 0 Å². The number of rotatable bonds is 3. The van der Waals surface area contributed by atoms with Gasteiger partial charge in [0, 0.05) is 24.2 Å². The Morgan fingerprint density at radius 2 is 2.40 bits per heavy atom. The van der Waals surface area contributed by atoms with E-state index in [1.807, 2.05) is 0 Å². The van der Waals surface area contributed by atoms with Gasteiger partial charge in [0.15, 0.2) is 0 Å². The zero-order chi connectivity index (χ0) is 11.3. The molecule has 0 bridgehead atoms. The quantitative estimate of drug-likeness (QED) is 0.455. The van der Waals surface area contributed by atoms with E-state index < -0.39 is 5.97 Å². The normalized spacial score (nSPS) is 10.9. The fraction of sp³-hybridized carbons (Fsp3) is 0.0909. The summed E-state index contributed by atoms with van der Waals surface area (Å²) >= 11 is 0. The highest BCUT2D eigenvalue weighted by Crippen LogP contribution is 2.20. The van der Waals surface area contributed by atoms with Crippen LogP contribution in [-0.2, 0) is 9.53 Å². The smallest absolute Gasteiger partial charge is 0.339 e. The van der Waals surface area contributed by atoms with Crippen molar-refractivity contribution in [1.29, 1.82) is 0 Å². The SMILES string of the molecule is C=C(/C(=C\N)C(=O)OC)c1cccnc1. The van der Waals surface area contributed by atoms with E-state index in [0.717, 1.165) is 5.56 Å². The van der Waals surface area contributed by atoms with E-state index >= 15 is 0 Å². The molecule has 0 aliphatic heterocycles. The molecular weight excluding hydrogens is 192 g/mol. The van der Waals surface area contributed by atoms with Crippen LogP contribution in [0.5, 0.6) is 0 Å². The number of carbonyl (C=O) groups excluding carboxylic acids is 1. The molecule has 2 N–H and O–H groups in total. The van der Waals surface area contributed by atoms with Crippen molar-refractivity contribution >= 4 is 11.5 Å². The molecule has 0 aliphatic carbocycles. The van der Waals surface area contributed by atoms with E-state index in [4.69, 9.17) is 5.73 Å². The lowest BCUT2D eigenvalue weighted by molar-refractivity contribution is -0.135. The number of ether oxygens (including phenoxy) is 1. The Morgan fingerprint density at radius 3 is 2.87 bits per heavy atom. The number of nitrogens with zero attached hydrogens (tertiary/aromatic N) is 1. The molecule has 0 aliphatic rings. The van der Waals surface area contributed by atoms with Gasteiger partial charge >= 0.3 is 5.97 Å². The third kappa shape index (κ3) is 2.43. The number of nitrogens with two attached hydrogens (primary N) is 1. The Hall–Kier alpha value is -2.10. The van der Waals surface area contributed by atoms with Gasteiger partial charge in [-0.3, -0.25) is 4.98 Å². The predicted molar refractivity (Wildman–Crippen MR) is 57.6 cm³/mol. The highest BCUT2D eigenvalue weighted by atomic mass is 16.5. The van der Waals surface area contributed by atoms with Gasteiger partial charge in [-0.15, -0.1) is 0 Å². The van der Waals surface area contributed by atoms with Gasteiger partial charge in [-0.2, -0.15) is 0 Å². The van der Waals surface area contributed by atoms with Gasteiger partial charge in [-0.1, -0.05) is 12.6 Å². The van der Waals surface area contributed by atoms with Crippen molar-refractivity contribution < 1.29 is 9.53 Å². The molecule has 0 saturated carbocycles. The first-order chi connectivity index (χ1) is 7.20. The summed E-state index contributed by atoms with van der Waals surface area (Å²) in [5.74, 6) is -0.508. The fourth-order valence-corrected chi connectivity index (χ4v) is 1.10. The van der Waals surface area contributed by atoms with Crippen LogP contribution in [-0.4, -0.2) is 18.1 Å². The molecule has 0 fully saturated rings. The van der Waals surface area contributed by atoms with Crippen LogP contribution in [0.2, 0.25) is 0 Å². The number of methoxy groups -OCH3 is 1. The molecule has 0 atom stereocenters. The van der Waals surface area contributed by atoms with Gasteiger partial charge in [-0.25, -0.2) is 4.79 Å². The summed E-state index contributed by atoms with van der Waals surface area (Å²) in [5, 5.41) is 0. The second-order valence-corrected chi connectivity index (χ2v) is 2.79. The first kappa shape index (κ1) is 11.0. The molecule has 0 amide bonds. The highest BCUT2D eigenvalue weighted by molar-refractivity contribution is 6.05. The molecule has 0 radical (unpaired) electrons. The second kappa shape index (κ2) is 4.95. The van der Waals surface area contributed by atoms with Gasteiger partial charge in [-0.05, 0) is 11.6 Å². The number of pyridine rings is 1. The van der Waals surface area contributed by atoms with Crippen LogP contribution in [0.25, 0.3) is 5.57 Å². The van der Waals surface area contributed by atoms with Gasteiger partial charge < -0.3 is 10.5 Å². The average Bonchev–Trinajstić information content (AvgIpc) is 2.30. The first-order valence-corrected chi connectivity index (χ1v) is 4.30. The predicted octanol–water partition coefficient (Wildman–Crippen LogP) is 1.11. The second-order valence-electron chi connectivity index (χ2n) is 2.79. The third-order valence-corrected chi connectivity index (χ3v) is 1.91. The maximum Gasteiger partial charge on any atom is 0.339 e. The Balaban J connectivity index is 2.99. The van der Waals surface area contributed by atoms with Gasteiger partial charge in [0.25, 0.3) is 0 Å². The summed E-state index contributed by atoms with van der Waals surface area (Å²) in [7, 11) is 1.29. The topological polar surface area (TPSA) is 65.2 Å². The molecule has 15 heavy (non-hydrogen) atoms. The van der Waals surface area contributed by atoms with E-state index in [0.29, 0.717) is 5.57 Å². The summed E-state index contributed by atoms with van der Waals surface area (Å²) in [6.07, 6.45) is 4.43. The Bertz CT molecular complexity index is 396. The molecule has 4 nitrogen and oxygen atoms in total. The van der Waals surface area contributed by atoms with Crippen LogP contribution in [0.1, 0.15) is 5.56 Å². The van der Waals surface area contributed by atoms with Crippen molar-refractivity contribution in [2.75, 3.05) is 7.11 Å². The van der Waals surface area contributed by atoms with Crippen LogP contribution < -0.4 is 5.73 Å². The summed E-state index contributed by atoms with van der Waals surface area (Å²) in [6.45, 7) is 3.78. The lowest BCUT2D eigenvalue weighted by Crippen LogP contribution is -2.08. The summed E-state index contributed by atoms with van der Waals surface area (Å²) in [4.78, 5) is 15.2. The number of carbonyl (C=O) groups is 1. The van der Waals surface area contributed by atoms with Gasteiger partial charge in [0.1, 0.15) is 0 Å². The molecule has 1 rings (SSSR count). The molecule has 0 spiro atoms. The molecule has 0 unspecified atom stereocenters. The lowest BCUT2D eigenvalue weighted by atomic mass is 10.0. The van der Waals surface area contributed by atoms with E-state index in [1.165, 1.54) is 13.3 Å². The molecule has 1 aromatic heterocycles. The third-order valence-electron chi connectivity index (χ3n) is 1.91. The van der Waals surface area contributed by atoms with Crippen molar-refractivity contribution in [2.45, 2.75) is 0 Å². The van der Waals surface area contributed by atoms with Crippen molar-refractivity contribution in [3.05, 3.63) is 48.4 Å². The van der Waals surface area contributed by atoms with Crippen molar-refractivity contribution in [3.8, 4) is 0 Å². The Labute approximate surface area is 88.1 Å². The molecular formula is C11H12N2O2. The van der Waals surface area contributed by atoms with Gasteiger partial charge in [0.2, 0.25) is 0 Å². The molecule has 1 heterocycles. The maximum atomic E-state index is 11.3. The van der Waals surface area contributed by atoms with Gasteiger partial charge in [0.05, 0.1) is 12.7 Å². The molecule has 4 heteroatoms. The Morgan fingerprint density at radius 1 is 1.67 bits per heavy atom. The fourth-order valence-electron chi connectivity index (χ4n) is 1.10. The van der Waals surface area contributed by atoms with Crippen LogP contribution in [0.15, 0.2) is 42.9 Å². The molecule has 1 aromatic rings. The molecule has 0 saturated heterocycles. The average molecular weight is 204 g/mol. The summed E-state index contributed by atoms with van der Waals surface area (Å²) in [6, 6.07) is 3.55. The molecule has 0 aromatic carbocycles. The monoisotopic (exact) mass is 204 g/mol. The standard InChI is InChI=1S/C11H12N2O2/c1-8(9-4-3-5-13-7-9)10(6-12)11(14)15-2/h3-7H,1,12H2,2H3/b10-6+. The van der Waals surface area contributed by atoms with Crippen LogP contribution in [0.4, 0.5) is 0 Å². The maximum absolute atomic E-state index is 11.3. The minimum atomic E-state index is -0.508. The van der Waals surface area contributed by atoms with E-state index in [1.54, 1.807) is 24.5 Å². The van der Waals surface area contributed by atoms with E-state index in [2.05, 4.69) is 16.3 Å². The first-order valence-electron chi connectivity index (χ1n) is 4.30. The van der Waals surface area contributed by atoms with E-state index in [9.17, 15) is 4.79 Å². The zero-order valence-corrected chi connectivity index (χ0v) is 8.43. The zero-order valence-electron chi connectivity index (χ0n) is 8.43. The van der Waals surface area contributed by atoms with Crippen LogP contribution in [0, 0.1) is 0 Å². The number of hydrogen-bond acceptors (Lipinski definition) is 4. The number of esters is 1. The minimum absolute atomic E-state index is 0.241. The number of aromatic nitrogens is 1. The van der Waals surface area contributed by atoms with Crippen molar-refractivity contribution in [1.82, 2.24) is 4.98 Å². The van der Waals surface area contributed by atoms with Crippen molar-refractivity contribution in [2.24, 2.45) is 5.73 Å². The van der Waals surface area contributed by atoms with Crippen molar-refractivity contribution in [3.63, 3.8) is 0 Å². The summed E-state index contributed by atoms with van der Waals surface area (Å²) < 4.78 is 4.58. The largest absolute Gasteiger partial charge is 0.465 e. The van der Waals surface area contributed by atoms with Crippen LogP contribution >= 0.6 is 0 Å². The number of hydrogen-bond donors (Lipinski definition) is 1.